The molecular weight excluding hydrogens is 284 g/mol. The second-order valence-electron chi connectivity index (χ2n) is 4.82. The number of carbonyl (C=O) groups is 2. The summed E-state index contributed by atoms with van der Waals surface area (Å²) in [6, 6.07) is 2.18. The zero-order valence-corrected chi connectivity index (χ0v) is 11.7. The van der Waals surface area contributed by atoms with E-state index in [1.165, 1.54) is 0 Å². The van der Waals surface area contributed by atoms with Crippen molar-refractivity contribution in [3.05, 3.63) is 22.2 Å². The van der Waals surface area contributed by atoms with Gasteiger partial charge in [0.05, 0.1) is 4.92 Å². The van der Waals surface area contributed by atoms with E-state index in [4.69, 9.17) is 9.47 Å². The van der Waals surface area contributed by atoms with Crippen LogP contribution in [0.4, 0.5) is 5.69 Å². The lowest BCUT2D eigenvalue weighted by atomic mass is 10.2. The van der Waals surface area contributed by atoms with Gasteiger partial charge in [-0.05, 0) is 20.8 Å². The second kappa shape index (κ2) is 6.64. The zero-order valence-electron chi connectivity index (χ0n) is 11.7. The molecule has 0 saturated heterocycles. The van der Waals surface area contributed by atoms with Gasteiger partial charge in [0.15, 0.2) is 6.61 Å². The van der Waals surface area contributed by atoms with Crippen molar-refractivity contribution in [3.63, 3.8) is 0 Å². The van der Waals surface area contributed by atoms with Crippen LogP contribution in [0.1, 0.15) is 20.8 Å². The molecule has 1 aromatic heterocycles. The Morgan fingerprint density at radius 2 is 2.10 bits per heavy atom. The maximum Gasteiger partial charge on any atom is 0.344 e. The Balaban J connectivity index is 2.84. The number of esters is 1. The summed E-state index contributed by atoms with van der Waals surface area (Å²) in [7, 11) is 0. The van der Waals surface area contributed by atoms with Gasteiger partial charge in [-0.1, -0.05) is 0 Å². The summed E-state index contributed by atoms with van der Waals surface area (Å²) in [5.41, 5.74) is -1.17. The van der Waals surface area contributed by atoms with Crippen molar-refractivity contribution < 1.29 is 28.7 Å². The van der Waals surface area contributed by atoms with Crippen LogP contribution in [0.15, 0.2) is 12.1 Å². The minimum absolute atomic E-state index is 0.117. The summed E-state index contributed by atoms with van der Waals surface area (Å²) in [4.78, 5) is 35.4. The molecule has 0 atom stereocenters. The second-order valence-corrected chi connectivity index (χ2v) is 4.82. The molecule has 0 aliphatic heterocycles. The molecule has 0 spiro atoms. The first-order valence-corrected chi connectivity index (χ1v) is 5.83. The van der Waals surface area contributed by atoms with Gasteiger partial charge in [0.25, 0.3) is 12.4 Å². The van der Waals surface area contributed by atoms with E-state index in [9.17, 15) is 19.7 Å². The molecular formula is C12H14N2O7. The highest BCUT2D eigenvalue weighted by Gasteiger charge is 2.21. The zero-order chi connectivity index (χ0) is 16.0. The van der Waals surface area contributed by atoms with Crippen molar-refractivity contribution in [1.82, 2.24) is 4.98 Å². The fraction of sp³-hybridized carbons (Fsp3) is 0.417. The summed E-state index contributed by atoms with van der Waals surface area (Å²) in [6.45, 7) is 4.57. The van der Waals surface area contributed by atoms with Crippen LogP contribution < -0.4 is 9.47 Å². The molecule has 114 valence electrons. The molecule has 0 bridgehead atoms. The normalized spacial score (nSPS) is 10.6. The van der Waals surface area contributed by atoms with Crippen molar-refractivity contribution in [2.24, 2.45) is 0 Å². The Hall–Kier alpha value is -2.71. The molecule has 9 heteroatoms. The van der Waals surface area contributed by atoms with Crippen molar-refractivity contribution >= 4 is 18.1 Å². The molecule has 0 N–H and O–H groups in total. The van der Waals surface area contributed by atoms with Crippen molar-refractivity contribution in [3.8, 4) is 11.8 Å². The standard InChI is InChI=1S/C12H14N2O7/c1-12(2,3)21-10(16)6-19-11-8(14(17)18)4-5-9(13-11)20-7-15/h4-5,7H,6H2,1-3H3. The number of hydrogen-bond acceptors (Lipinski definition) is 8. The smallest absolute Gasteiger partial charge is 0.344 e. The first kappa shape index (κ1) is 16.3. The maximum atomic E-state index is 11.5. The summed E-state index contributed by atoms with van der Waals surface area (Å²) < 4.78 is 14.4. The molecule has 0 aliphatic rings. The van der Waals surface area contributed by atoms with Crippen LogP contribution in [0.2, 0.25) is 0 Å². The molecule has 0 radical (unpaired) electrons. The molecule has 1 rings (SSSR count). The Labute approximate surface area is 120 Å². The van der Waals surface area contributed by atoms with E-state index in [-0.39, 0.29) is 12.4 Å². The average Bonchev–Trinajstić information content (AvgIpc) is 2.34. The van der Waals surface area contributed by atoms with Crippen molar-refractivity contribution in [1.29, 1.82) is 0 Å². The lowest BCUT2D eigenvalue weighted by molar-refractivity contribution is -0.386. The first-order chi connectivity index (χ1) is 9.73. The van der Waals surface area contributed by atoms with Gasteiger partial charge in [-0.15, -0.1) is 0 Å². The third-order valence-corrected chi connectivity index (χ3v) is 1.93. The van der Waals surface area contributed by atoms with Gasteiger partial charge in [0.2, 0.25) is 5.88 Å². The number of rotatable bonds is 6. The molecule has 0 unspecified atom stereocenters. The van der Waals surface area contributed by atoms with Crippen LogP contribution in [0.3, 0.4) is 0 Å². The number of pyridine rings is 1. The number of ether oxygens (including phenoxy) is 3. The SMILES string of the molecule is CC(C)(C)OC(=O)COc1nc(OC=O)ccc1[N+](=O)[O-]. The lowest BCUT2D eigenvalue weighted by Gasteiger charge is -2.19. The topological polar surface area (TPSA) is 118 Å². The molecule has 0 aliphatic carbocycles. The molecule has 9 nitrogen and oxygen atoms in total. The van der Waals surface area contributed by atoms with Crippen LogP contribution in [0.25, 0.3) is 0 Å². The molecule has 1 aromatic rings. The minimum Gasteiger partial charge on any atom is -0.461 e. The molecule has 21 heavy (non-hydrogen) atoms. The third kappa shape index (κ3) is 5.43. The van der Waals surface area contributed by atoms with Crippen LogP contribution >= 0.6 is 0 Å². The Morgan fingerprint density at radius 1 is 1.43 bits per heavy atom. The monoisotopic (exact) mass is 298 g/mol. The van der Waals surface area contributed by atoms with Gasteiger partial charge in [-0.2, -0.15) is 4.98 Å². The van der Waals surface area contributed by atoms with E-state index in [1.54, 1.807) is 20.8 Å². The highest BCUT2D eigenvalue weighted by molar-refractivity contribution is 5.71. The van der Waals surface area contributed by atoms with Gasteiger partial charge >= 0.3 is 11.7 Å². The highest BCUT2D eigenvalue weighted by Crippen LogP contribution is 2.27. The third-order valence-electron chi connectivity index (χ3n) is 1.93. The van der Waals surface area contributed by atoms with Crippen molar-refractivity contribution in [2.75, 3.05) is 6.61 Å². The van der Waals surface area contributed by atoms with Crippen LogP contribution in [0, 0.1) is 10.1 Å². The average molecular weight is 298 g/mol. The van der Waals surface area contributed by atoms with Gasteiger partial charge < -0.3 is 14.2 Å². The Bertz CT molecular complexity index is 551. The largest absolute Gasteiger partial charge is 0.461 e. The van der Waals surface area contributed by atoms with E-state index in [0.29, 0.717) is 0 Å². The number of hydrogen-bond donors (Lipinski definition) is 0. The van der Waals surface area contributed by atoms with E-state index in [1.807, 2.05) is 0 Å². The Morgan fingerprint density at radius 3 is 2.62 bits per heavy atom. The quantitative estimate of drug-likeness (QED) is 0.333. The molecule has 0 saturated carbocycles. The molecule has 0 fully saturated rings. The van der Waals surface area contributed by atoms with Gasteiger partial charge in [-0.3, -0.25) is 14.9 Å². The summed E-state index contributed by atoms with van der Waals surface area (Å²) in [5.74, 6) is -1.33. The van der Waals surface area contributed by atoms with E-state index in [0.717, 1.165) is 12.1 Å². The van der Waals surface area contributed by atoms with Crippen LogP contribution in [-0.2, 0) is 14.3 Å². The summed E-state index contributed by atoms with van der Waals surface area (Å²) in [6.07, 6.45) is 0. The number of nitro groups is 1. The molecule has 0 amide bonds. The van der Waals surface area contributed by atoms with E-state index >= 15 is 0 Å². The summed E-state index contributed by atoms with van der Waals surface area (Å²) >= 11 is 0. The number of nitrogens with zero attached hydrogens (tertiary/aromatic N) is 2. The fourth-order valence-electron chi connectivity index (χ4n) is 1.27. The van der Waals surface area contributed by atoms with Crippen molar-refractivity contribution in [2.45, 2.75) is 26.4 Å². The van der Waals surface area contributed by atoms with Gasteiger partial charge in [-0.25, -0.2) is 4.79 Å². The van der Waals surface area contributed by atoms with E-state index in [2.05, 4.69) is 9.72 Å². The molecule has 0 aromatic carbocycles. The van der Waals surface area contributed by atoms with Crippen LogP contribution in [0.5, 0.6) is 11.8 Å². The first-order valence-electron chi connectivity index (χ1n) is 5.83. The van der Waals surface area contributed by atoms with Gasteiger partial charge in [0.1, 0.15) is 5.60 Å². The van der Waals surface area contributed by atoms with E-state index < -0.39 is 34.7 Å². The maximum absolute atomic E-state index is 11.5. The van der Waals surface area contributed by atoms with Crippen LogP contribution in [-0.4, -0.2) is 34.6 Å². The highest BCUT2D eigenvalue weighted by atomic mass is 16.6. The predicted octanol–water partition coefficient (Wildman–Crippen LogP) is 1.25. The number of aromatic nitrogens is 1. The summed E-state index contributed by atoms with van der Waals surface area (Å²) in [5, 5.41) is 10.8. The molecule has 1 heterocycles. The van der Waals surface area contributed by atoms with Gasteiger partial charge in [0, 0.05) is 12.1 Å². The minimum atomic E-state index is -0.734. The Kier molecular flexibility index (Phi) is 5.17. The fourth-order valence-corrected chi connectivity index (χ4v) is 1.27. The predicted molar refractivity (Wildman–Crippen MR) is 68.9 cm³/mol. The lowest BCUT2D eigenvalue weighted by Crippen LogP contribution is -2.27. The number of carbonyl (C=O) groups excluding carboxylic acids is 2.